The Morgan fingerprint density at radius 1 is 1.07 bits per heavy atom. The second kappa shape index (κ2) is 9.87. The maximum atomic E-state index is 14.9. The standard InChI is InChI=1S/C30H30ClFN6O3/c1-16-14-33-27(34-15-16)29-6-9-30(10-7-29,11-8-29)28-37-23-19(12-18(32)13-20(23)25(39)38(28)3)17(2)35-21-4-5-22(31)36-24(21)26(40)41/h4-5,12-15,17,35H,6-11H2,1-3H3,(H,40,41)/t17-,29?,30?/m1/s1. The highest BCUT2D eigenvalue weighted by atomic mass is 35.5. The Morgan fingerprint density at radius 2 is 1.71 bits per heavy atom. The van der Waals surface area contributed by atoms with Crippen LogP contribution in [-0.4, -0.2) is 35.6 Å². The van der Waals surface area contributed by atoms with Crippen LogP contribution in [0.3, 0.4) is 0 Å². The van der Waals surface area contributed by atoms with Crippen LogP contribution in [0.5, 0.6) is 0 Å². The largest absolute Gasteiger partial charge is 0.476 e. The number of carboxylic acids is 1. The molecule has 2 N–H and O–H groups in total. The normalized spacial score (nSPS) is 22.6. The topological polar surface area (TPSA) is 123 Å². The number of nitrogens with zero attached hydrogens (tertiary/aromatic N) is 5. The number of nitrogens with one attached hydrogen (secondary N) is 1. The summed E-state index contributed by atoms with van der Waals surface area (Å²) in [4.78, 5) is 43.7. The maximum absolute atomic E-state index is 14.9. The zero-order valence-corrected chi connectivity index (χ0v) is 23.8. The van der Waals surface area contributed by atoms with E-state index in [0.717, 1.165) is 49.9 Å². The van der Waals surface area contributed by atoms with E-state index in [2.05, 4.69) is 20.3 Å². The van der Waals surface area contributed by atoms with E-state index >= 15 is 0 Å². The molecule has 9 nitrogen and oxygen atoms in total. The molecule has 11 heteroatoms. The fourth-order valence-corrected chi connectivity index (χ4v) is 6.87. The minimum atomic E-state index is -1.25. The van der Waals surface area contributed by atoms with Gasteiger partial charge < -0.3 is 10.4 Å². The van der Waals surface area contributed by atoms with Gasteiger partial charge in [-0.25, -0.2) is 29.1 Å². The molecule has 1 atom stereocenters. The van der Waals surface area contributed by atoms with Crippen LogP contribution in [0.25, 0.3) is 10.9 Å². The highest BCUT2D eigenvalue weighted by Crippen LogP contribution is 2.57. The lowest BCUT2D eigenvalue weighted by atomic mass is 9.53. The van der Waals surface area contributed by atoms with Gasteiger partial charge in [-0.1, -0.05) is 11.6 Å². The number of hydrogen-bond acceptors (Lipinski definition) is 7. The van der Waals surface area contributed by atoms with Crippen LogP contribution in [-0.2, 0) is 17.9 Å². The fourth-order valence-electron chi connectivity index (χ4n) is 6.72. The van der Waals surface area contributed by atoms with Crippen molar-refractivity contribution >= 4 is 34.2 Å². The van der Waals surface area contributed by atoms with Crippen LogP contribution in [0, 0.1) is 12.7 Å². The van der Waals surface area contributed by atoms with Gasteiger partial charge in [0.15, 0.2) is 5.69 Å². The van der Waals surface area contributed by atoms with Crippen LogP contribution in [0.4, 0.5) is 10.1 Å². The van der Waals surface area contributed by atoms with Crippen LogP contribution in [0.15, 0.2) is 41.5 Å². The van der Waals surface area contributed by atoms with Gasteiger partial charge in [0.05, 0.1) is 22.6 Å². The molecule has 0 radical (unpaired) electrons. The predicted octanol–water partition coefficient (Wildman–Crippen LogP) is 5.63. The summed E-state index contributed by atoms with van der Waals surface area (Å²) in [6.07, 6.45) is 8.99. The first-order valence-corrected chi connectivity index (χ1v) is 14.1. The number of aryl methyl sites for hydroxylation is 1. The molecule has 3 saturated carbocycles. The van der Waals surface area contributed by atoms with Crippen molar-refractivity contribution in [2.45, 2.75) is 69.2 Å². The number of rotatable bonds is 6. The highest BCUT2D eigenvalue weighted by Gasteiger charge is 2.53. The van der Waals surface area contributed by atoms with Crippen LogP contribution in [0.2, 0.25) is 5.15 Å². The van der Waals surface area contributed by atoms with Crippen molar-refractivity contribution in [2.24, 2.45) is 7.05 Å². The van der Waals surface area contributed by atoms with Crippen LogP contribution >= 0.6 is 11.6 Å². The van der Waals surface area contributed by atoms with Crippen molar-refractivity contribution in [1.29, 1.82) is 0 Å². The lowest BCUT2D eigenvalue weighted by molar-refractivity contribution is 0.0691. The first-order chi connectivity index (χ1) is 19.5. The lowest BCUT2D eigenvalue weighted by Crippen LogP contribution is -2.49. The third kappa shape index (κ3) is 4.54. The number of aromatic carboxylic acids is 1. The zero-order chi connectivity index (χ0) is 29.1. The van der Waals surface area contributed by atoms with Gasteiger partial charge in [0.1, 0.15) is 22.6 Å². The highest BCUT2D eigenvalue weighted by molar-refractivity contribution is 6.29. The second-order valence-corrected chi connectivity index (χ2v) is 11.9. The predicted molar refractivity (Wildman–Crippen MR) is 153 cm³/mol. The summed E-state index contributed by atoms with van der Waals surface area (Å²) in [7, 11) is 1.71. The Balaban J connectivity index is 1.40. The SMILES string of the molecule is Cc1cnc(C23CCC(c4nc5c([C@@H](C)Nc6ccc(Cl)nc6C(=O)O)cc(F)cc5c(=O)n4C)(CC2)CC3)nc1. The number of fused-ring (bicyclic) bond motifs is 4. The molecule has 3 aromatic heterocycles. The van der Waals surface area contributed by atoms with Gasteiger partial charge in [-0.3, -0.25) is 9.36 Å². The number of pyridine rings is 1. The van der Waals surface area contributed by atoms with Crippen molar-refractivity contribution in [3.63, 3.8) is 0 Å². The minimum absolute atomic E-state index is 0.0452. The van der Waals surface area contributed by atoms with Crippen molar-refractivity contribution < 1.29 is 14.3 Å². The van der Waals surface area contributed by atoms with Crippen molar-refractivity contribution in [1.82, 2.24) is 24.5 Å². The molecule has 41 heavy (non-hydrogen) atoms. The van der Waals surface area contributed by atoms with Crippen molar-refractivity contribution in [3.05, 3.63) is 86.5 Å². The first kappa shape index (κ1) is 27.3. The fraction of sp³-hybridized carbons (Fsp3) is 0.400. The maximum Gasteiger partial charge on any atom is 0.356 e. The number of hydrogen-bond donors (Lipinski definition) is 2. The van der Waals surface area contributed by atoms with Gasteiger partial charge in [-0.2, -0.15) is 0 Å². The third-order valence-corrected chi connectivity index (χ3v) is 9.26. The number of carbonyl (C=O) groups is 1. The summed E-state index contributed by atoms with van der Waals surface area (Å²) in [5.41, 5.74) is 1.21. The molecule has 3 aliphatic carbocycles. The summed E-state index contributed by atoms with van der Waals surface area (Å²) in [6, 6.07) is 4.96. The molecule has 0 amide bonds. The van der Waals surface area contributed by atoms with E-state index in [9.17, 15) is 19.1 Å². The number of carboxylic acid groups (broad SMARTS) is 1. The molecule has 0 aliphatic heterocycles. The van der Waals surface area contributed by atoms with E-state index in [1.807, 2.05) is 19.3 Å². The van der Waals surface area contributed by atoms with Gasteiger partial charge in [0.2, 0.25) is 0 Å². The Hall–Kier alpha value is -3.92. The molecule has 3 fully saturated rings. The minimum Gasteiger partial charge on any atom is -0.476 e. The van der Waals surface area contributed by atoms with E-state index in [-0.39, 0.29) is 38.3 Å². The third-order valence-electron chi connectivity index (χ3n) is 9.05. The number of halogens is 2. The quantitative estimate of drug-likeness (QED) is 0.283. The molecular weight excluding hydrogens is 547 g/mol. The summed E-state index contributed by atoms with van der Waals surface area (Å²) < 4.78 is 16.4. The van der Waals surface area contributed by atoms with Crippen LogP contribution in [0.1, 0.15) is 84.8 Å². The van der Waals surface area contributed by atoms with E-state index in [1.54, 1.807) is 18.5 Å². The molecule has 0 spiro atoms. The monoisotopic (exact) mass is 576 g/mol. The Bertz CT molecular complexity index is 1730. The van der Waals surface area contributed by atoms with Gasteiger partial charge in [0, 0.05) is 35.8 Å². The molecular formula is C30H30ClFN6O3. The van der Waals surface area contributed by atoms with Crippen molar-refractivity contribution in [3.8, 4) is 0 Å². The van der Waals surface area contributed by atoms with Gasteiger partial charge in [-0.15, -0.1) is 0 Å². The van der Waals surface area contributed by atoms with Gasteiger partial charge in [-0.05, 0) is 82.2 Å². The molecule has 0 unspecified atom stereocenters. The average molecular weight is 577 g/mol. The smallest absolute Gasteiger partial charge is 0.356 e. The summed E-state index contributed by atoms with van der Waals surface area (Å²) in [5.74, 6) is -0.224. The molecule has 1 aromatic carbocycles. The summed E-state index contributed by atoms with van der Waals surface area (Å²) in [5, 5.41) is 13.0. The molecule has 212 valence electrons. The number of benzene rings is 1. The first-order valence-electron chi connectivity index (χ1n) is 13.7. The van der Waals surface area contributed by atoms with E-state index in [4.69, 9.17) is 16.6 Å². The van der Waals surface area contributed by atoms with Gasteiger partial charge in [0.25, 0.3) is 5.56 Å². The molecule has 0 saturated heterocycles. The molecule has 2 bridgehead atoms. The number of aromatic nitrogens is 5. The zero-order valence-electron chi connectivity index (χ0n) is 23.0. The van der Waals surface area contributed by atoms with E-state index in [1.165, 1.54) is 24.3 Å². The van der Waals surface area contributed by atoms with Gasteiger partial charge >= 0.3 is 5.97 Å². The number of anilines is 1. The summed E-state index contributed by atoms with van der Waals surface area (Å²) in [6.45, 7) is 3.75. The summed E-state index contributed by atoms with van der Waals surface area (Å²) >= 11 is 5.91. The van der Waals surface area contributed by atoms with Crippen LogP contribution < -0.4 is 10.9 Å². The molecule has 3 aliphatic rings. The average Bonchev–Trinajstić information content (AvgIpc) is 2.96. The molecule has 4 aromatic rings. The molecule has 7 rings (SSSR count). The van der Waals surface area contributed by atoms with E-state index in [0.29, 0.717) is 16.9 Å². The molecule has 3 heterocycles. The Morgan fingerprint density at radius 3 is 2.34 bits per heavy atom. The Kier molecular flexibility index (Phi) is 6.56. The van der Waals surface area contributed by atoms with Crippen molar-refractivity contribution in [2.75, 3.05) is 5.32 Å². The second-order valence-electron chi connectivity index (χ2n) is 11.5. The Labute approximate surface area is 240 Å². The van der Waals surface area contributed by atoms with E-state index < -0.39 is 17.8 Å². The lowest BCUT2D eigenvalue weighted by Gasteiger charge is -2.52.